The van der Waals surface area contributed by atoms with E-state index in [-0.39, 0.29) is 0 Å². The second-order valence-corrected chi connectivity index (χ2v) is 32.2. The Labute approximate surface area is 737 Å². The van der Waals surface area contributed by atoms with E-state index in [2.05, 4.69) is 532 Å². The third-order valence-corrected chi connectivity index (χ3v) is 24.6. The van der Waals surface area contributed by atoms with Crippen LogP contribution in [0, 0.1) is 0 Å². The van der Waals surface area contributed by atoms with Crippen LogP contribution in [0.5, 0.6) is 0 Å². The number of fused-ring (bicyclic) bond motifs is 5. The Morgan fingerprint density at radius 3 is 0.611 bits per heavy atom. The molecule has 0 radical (unpaired) electrons. The third kappa shape index (κ3) is 15.8. The van der Waals surface area contributed by atoms with E-state index in [1.54, 1.807) is 0 Å². The summed E-state index contributed by atoms with van der Waals surface area (Å²) in [5, 5.41) is 9.99. The van der Waals surface area contributed by atoms with Crippen molar-refractivity contribution in [2.75, 3.05) is 9.80 Å². The van der Waals surface area contributed by atoms with Crippen molar-refractivity contribution in [3.63, 3.8) is 0 Å². The number of nitrogens with zero attached hydrogens (tertiary/aromatic N) is 2. The Bertz CT molecular complexity index is 7230. The molecular formula is C124H86N2. The van der Waals surface area contributed by atoms with Crippen molar-refractivity contribution >= 4 is 77.2 Å². The lowest BCUT2D eigenvalue weighted by Crippen LogP contribution is -2.10. The van der Waals surface area contributed by atoms with Crippen molar-refractivity contribution < 1.29 is 0 Å². The van der Waals surface area contributed by atoms with Crippen molar-refractivity contribution in [2.24, 2.45) is 0 Å². The van der Waals surface area contributed by atoms with E-state index >= 15 is 0 Å². The molecule has 592 valence electrons. The molecule has 0 amide bonds. The maximum atomic E-state index is 2.39. The minimum atomic E-state index is 1.09. The average Bonchev–Trinajstić information content (AvgIpc) is 0.757. The Morgan fingerprint density at radius 2 is 0.310 bits per heavy atom. The summed E-state index contributed by atoms with van der Waals surface area (Å²) in [6.45, 7) is 0. The summed E-state index contributed by atoms with van der Waals surface area (Å²) in [6.07, 6.45) is 0. The van der Waals surface area contributed by atoms with E-state index < -0.39 is 0 Å². The molecule has 22 aromatic carbocycles. The average molecular weight is 1600 g/mol. The van der Waals surface area contributed by atoms with Gasteiger partial charge < -0.3 is 9.80 Å². The lowest BCUT2D eigenvalue weighted by molar-refractivity contribution is 1.28. The van der Waals surface area contributed by atoms with Gasteiger partial charge in [-0.1, -0.05) is 437 Å². The SMILES string of the molecule is c1ccc(-c2ccc(-c3ccc(N(c4ccc(-c5ccc(-c6ccccc6)cc5)cc4)c4ccc(-c5c6ccccc6cc6ccccc56)c(-c5ccccc5)c4)cc3)cc2)cc1.c1ccc(-c2ccc(-c3ccc(N(c4ccc(-c5ccc(-c6ccccc6)cc5)cc4)c4ccc(-c5cc6ccccc6c6ccccc56)c(-c5ccccc5)c4)cc3)cc2)cc1. The highest BCUT2D eigenvalue weighted by Crippen LogP contribution is 2.49. The molecule has 0 aromatic heterocycles. The second kappa shape index (κ2) is 34.9. The van der Waals surface area contributed by atoms with Gasteiger partial charge in [0.05, 0.1) is 0 Å². The maximum absolute atomic E-state index is 2.39. The molecule has 0 aliphatic carbocycles. The third-order valence-electron chi connectivity index (χ3n) is 24.6. The van der Waals surface area contributed by atoms with Crippen LogP contribution < -0.4 is 9.80 Å². The molecule has 126 heavy (non-hydrogen) atoms. The predicted octanol–water partition coefficient (Wildman–Crippen LogP) is 34.9. The van der Waals surface area contributed by atoms with E-state index in [4.69, 9.17) is 0 Å². The summed E-state index contributed by atoms with van der Waals surface area (Å²) < 4.78 is 0. The Morgan fingerprint density at radius 1 is 0.103 bits per heavy atom. The largest absolute Gasteiger partial charge is 0.310 e. The molecule has 0 bridgehead atoms. The van der Waals surface area contributed by atoms with Gasteiger partial charge >= 0.3 is 0 Å². The van der Waals surface area contributed by atoms with Gasteiger partial charge in [0.25, 0.3) is 0 Å². The van der Waals surface area contributed by atoms with Crippen LogP contribution in [-0.4, -0.2) is 0 Å². The number of hydrogen-bond donors (Lipinski definition) is 0. The molecule has 0 heterocycles. The van der Waals surface area contributed by atoms with Gasteiger partial charge in [-0.15, -0.1) is 0 Å². The summed E-state index contributed by atoms with van der Waals surface area (Å²) in [5.74, 6) is 0. The van der Waals surface area contributed by atoms with Gasteiger partial charge in [0.1, 0.15) is 0 Å². The summed E-state index contributed by atoms with van der Waals surface area (Å²) >= 11 is 0. The highest BCUT2D eigenvalue weighted by atomic mass is 15.1. The quantitative estimate of drug-likeness (QED) is 0.0624. The van der Waals surface area contributed by atoms with Gasteiger partial charge in [0, 0.05) is 34.1 Å². The van der Waals surface area contributed by atoms with Crippen LogP contribution in [0.2, 0.25) is 0 Å². The monoisotopic (exact) mass is 1600 g/mol. The lowest BCUT2D eigenvalue weighted by atomic mass is 9.87. The van der Waals surface area contributed by atoms with Crippen LogP contribution in [0.1, 0.15) is 0 Å². The summed E-state index contributed by atoms with van der Waals surface area (Å²) in [4.78, 5) is 4.78. The summed E-state index contributed by atoms with van der Waals surface area (Å²) in [6, 6.07) is 189. The normalized spacial score (nSPS) is 11.2. The Kier molecular flexibility index (Phi) is 21.3. The van der Waals surface area contributed by atoms with Crippen molar-refractivity contribution in [3.8, 4) is 134 Å². The zero-order valence-corrected chi connectivity index (χ0v) is 69.5. The first-order chi connectivity index (χ1) is 62.5. The van der Waals surface area contributed by atoms with Gasteiger partial charge in [0.15, 0.2) is 0 Å². The molecule has 22 rings (SSSR count). The number of benzene rings is 22. The molecule has 0 aliphatic heterocycles. The topological polar surface area (TPSA) is 6.48 Å². The molecule has 0 fully saturated rings. The van der Waals surface area contributed by atoms with Gasteiger partial charge in [-0.05, 0) is 262 Å². The van der Waals surface area contributed by atoms with Gasteiger partial charge in [0.2, 0.25) is 0 Å². The lowest BCUT2D eigenvalue weighted by Gasteiger charge is -2.27. The number of anilines is 6. The minimum absolute atomic E-state index is 1.09. The van der Waals surface area contributed by atoms with Crippen LogP contribution in [0.3, 0.4) is 0 Å². The van der Waals surface area contributed by atoms with Gasteiger partial charge in [-0.25, -0.2) is 0 Å². The first-order valence-electron chi connectivity index (χ1n) is 43.3. The van der Waals surface area contributed by atoms with Gasteiger partial charge in [-0.2, -0.15) is 0 Å². The first kappa shape index (κ1) is 76.8. The van der Waals surface area contributed by atoms with Crippen molar-refractivity contribution in [3.05, 3.63) is 522 Å². The van der Waals surface area contributed by atoms with Crippen molar-refractivity contribution in [2.45, 2.75) is 0 Å². The molecule has 0 unspecified atom stereocenters. The fourth-order valence-electron chi connectivity index (χ4n) is 18.1. The highest BCUT2D eigenvalue weighted by molar-refractivity contribution is 6.17. The summed E-state index contributed by atoms with van der Waals surface area (Å²) in [7, 11) is 0. The Hall–Kier alpha value is -16.5. The van der Waals surface area contributed by atoms with E-state index in [1.807, 2.05) is 0 Å². The molecule has 22 aromatic rings. The first-order valence-corrected chi connectivity index (χ1v) is 43.3. The van der Waals surface area contributed by atoms with E-state index in [9.17, 15) is 0 Å². The molecule has 0 saturated carbocycles. The van der Waals surface area contributed by atoms with E-state index in [0.29, 0.717) is 0 Å². The highest BCUT2D eigenvalue weighted by Gasteiger charge is 2.23. The van der Waals surface area contributed by atoms with Crippen molar-refractivity contribution in [1.82, 2.24) is 0 Å². The molecule has 2 nitrogen and oxygen atoms in total. The summed E-state index contributed by atoms with van der Waals surface area (Å²) in [5.41, 5.74) is 35.3. The predicted molar refractivity (Wildman–Crippen MR) is 538 cm³/mol. The molecule has 2 heteroatoms. The van der Waals surface area contributed by atoms with E-state index in [1.165, 1.54) is 177 Å². The van der Waals surface area contributed by atoms with Crippen LogP contribution in [-0.2, 0) is 0 Å². The van der Waals surface area contributed by atoms with Crippen LogP contribution in [0.25, 0.3) is 177 Å². The fourth-order valence-corrected chi connectivity index (χ4v) is 18.1. The molecule has 0 N–H and O–H groups in total. The van der Waals surface area contributed by atoms with Crippen LogP contribution in [0.15, 0.2) is 522 Å². The smallest absolute Gasteiger partial charge is 0.0468 e. The number of hydrogen-bond acceptors (Lipinski definition) is 2. The van der Waals surface area contributed by atoms with Crippen molar-refractivity contribution in [1.29, 1.82) is 0 Å². The van der Waals surface area contributed by atoms with E-state index in [0.717, 1.165) is 34.1 Å². The molecule has 0 saturated heterocycles. The maximum Gasteiger partial charge on any atom is 0.0468 e. The second-order valence-electron chi connectivity index (χ2n) is 32.2. The molecule has 0 atom stereocenters. The number of rotatable bonds is 18. The van der Waals surface area contributed by atoms with Gasteiger partial charge in [-0.3, -0.25) is 0 Å². The standard InChI is InChI=1S/2C62H43N/c1-4-14-44(15-5-1)46-24-28-48(29-25-46)50-32-36-55(37-33-50)63(56-38-34-51(35-39-56)49-30-26-47(27-31-49)45-16-6-2-7-17-45)57-40-41-60(61(43-57)52-18-8-3-9-19-52)62-58-22-12-10-20-53(58)42-54-21-11-13-23-59(54)62;1-4-14-44(15-5-1)46-24-28-48(29-25-46)50-32-36-54(37-33-50)63(55-38-34-51(35-39-55)49-30-26-47(27-31-49)45-16-6-2-7-17-45)56-40-41-60(61(43-56)52-18-8-3-9-19-52)62-42-53-20-10-11-21-57(53)58-22-12-13-23-59(58)62/h2*1-43H. The Balaban J connectivity index is 0.000000154. The minimum Gasteiger partial charge on any atom is -0.310 e. The fraction of sp³-hybridized carbons (Fsp3) is 0. The van der Waals surface area contributed by atoms with Crippen LogP contribution >= 0.6 is 0 Å². The van der Waals surface area contributed by atoms with Crippen LogP contribution in [0.4, 0.5) is 34.1 Å². The molecule has 0 aliphatic rings. The molecular weight excluding hydrogens is 1520 g/mol. The zero-order chi connectivity index (χ0) is 83.9. The molecule has 0 spiro atoms. The zero-order valence-electron chi connectivity index (χ0n) is 69.5.